The van der Waals surface area contributed by atoms with Gasteiger partial charge in [0, 0.05) is 67.2 Å². The number of aliphatic hydroxyl groups is 2. The summed E-state index contributed by atoms with van der Waals surface area (Å²) in [6.45, 7) is 9.59. The van der Waals surface area contributed by atoms with Crippen molar-refractivity contribution in [2.75, 3.05) is 61.5 Å². The zero-order valence-electron chi connectivity index (χ0n) is 41.0. The number of hydrogen-bond donors (Lipinski definition) is 2. The number of ketones is 2. The Kier molecular flexibility index (Phi) is 37.5. The van der Waals surface area contributed by atoms with Gasteiger partial charge in [0.15, 0.2) is 17.4 Å². The van der Waals surface area contributed by atoms with E-state index in [1.54, 1.807) is 14.2 Å². The normalized spacial score (nSPS) is 21.3. The van der Waals surface area contributed by atoms with E-state index in [2.05, 4.69) is 26.8 Å². The minimum Gasteiger partial charge on any atom is -1.00 e. The Morgan fingerprint density at radius 3 is 1.66 bits per heavy atom. The molecule has 2 heterocycles. The minimum absolute atomic E-state index is 0. The third-order valence-corrected chi connectivity index (χ3v) is 11.7. The van der Waals surface area contributed by atoms with E-state index in [-0.39, 0.29) is 65.8 Å². The molecule has 5 aliphatic rings. The summed E-state index contributed by atoms with van der Waals surface area (Å²) in [5.74, 6) is -0.166. The van der Waals surface area contributed by atoms with Crippen LogP contribution in [-0.2, 0) is 42.7 Å². The maximum atomic E-state index is 11.2. The van der Waals surface area contributed by atoms with E-state index >= 15 is 0 Å². The fourth-order valence-electron chi connectivity index (χ4n) is 8.19. The standard InChI is InChI=1S/C16H28O3.C14H24O2.C8H12O3.C8H18O2.CH4O.K.H/c1-3-15(17-2)9-5-4-7-14-8-6-10-16(13-14)18-11-12-19-16;1-3-14(16-2)10-5-4-7-12-8-6-9-13(15)11-12;9-7-2-1-3-8(6-7)10-4-5-11-8;1-3-8(10-2)6-4-5-7-9;1-2;;/h7,15H,3-6,8-13H2,1-2H3;11,14H,3-10H2,1-2H3;1-6H2;8-9H,3-7H2,1-2H3;2H,1H3;;/q;;;;;+1;-1/p+1/b14-7-;;;;;;. The number of unbranched alkanes of at least 4 members (excludes halogenated alkanes) is 3. The van der Waals surface area contributed by atoms with Crippen LogP contribution in [0.2, 0.25) is 0 Å². The molecule has 3 atom stereocenters. The Balaban J connectivity index is -0.000000734. The molecule has 2 saturated carbocycles. The third kappa shape index (κ3) is 26.5. The molecule has 12 heteroatoms. The maximum Gasteiger partial charge on any atom is 1.00 e. The number of Topliss-reactive ketones (excluding diaryl/α,β-unsaturated/α-hetero) is 1. The van der Waals surface area contributed by atoms with Gasteiger partial charge in [-0.05, 0) is 115 Å². The van der Waals surface area contributed by atoms with Crippen molar-refractivity contribution >= 4 is 11.6 Å². The first kappa shape index (κ1) is 59.1. The summed E-state index contributed by atoms with van der Waals surface area (Å²) in [6.07, 6.45) is 30.4. The van der Waals surface area contributed by atoms with Crippen molar-refractivity contribution in [3.05, 3.63) is 23.3 Å². The Morgan fingerprint density at radius 1 is 0.695 bits per heavy atom. The molecule has 2 N–H and O–H groups in total. The molecule has 0 radical (unpaired) electrons. The van der Waals surface area contributed by atoms with Crippen LogP contribution in [0.15, 0.2) is 23.3 Å². The van der Waals surface area contributed by atoms with Crippen LogP contribution in [0.1, 0.15) is 178 Å². The van der Waals surface area contributed by atoms with E-state index in [1.165, 1.54) is 43.3 Å². The predicted molar refractivity (Wildman–Crippen MR) is 233 cm³/mol. The van der Waals surface area contributed by atoms with Crippen molar-refractivity contribution < 1.29 is 107 Å². The molecule has 0 amide bonds. The molecule has 0 bridgehead atoms. The second-order valence-electron chi connectivity index (χ2n) is 16.0. The molecule has 2 aliphatic heterocycles. The monoisotopic (exact) mass is 868 g/mol. The van der Waals surface area contributed by atoms with E-state index < -0.39 is 5.79 Å². The quantitative estimate of drug-likeness (QED) is 0.0810. The van der Waals surface area contributed by atoms with Crippen molar-refractivity contribution in [2.45, 2.75) is 205 Å². The molecule has 2 spiro atoms. The van der Waals surface area contributed by atoms with E-state index in [9.17, 15) is 9.59 Å². The average Bonchev–Trinajstić information content (AvgIpc) is 3.90. The maximum absolute atomic E-state index is 11.2. The molecule has 0 aromatic heterocycles. The van der Waals surface area contributed by atoms with Crippen LogP contribution in [0.5, 0.6) is 0 Å². The molecule has 3 unspecified atom stereocenters. The van der Waals surface area contributed by atoms with Gasteiger partial charge < -0.3 is 44.8 Å². The summed E-state index contributed by atoms with van der Waals surface area (Å²) in [7, 11) is 6.34. The Bertz CT molecular complexity index is 1100. The summed E-state index contributed by atoms with van der Waals surface area (Å²) in [5.41, 5.74) is 2.89. The Labute approximate surface area is 405 Å². The van der Waals surface area contributed by atoms with Gasteiger partial charge in [-0.3, -0.25) is 9.59 Å². The fourth-order valence-corrected chi connectivity index (χ4v) is 8.19. The molecular weight excluding hydrogens is 780 g/mol. The summed E-state index contributed by atoms with van der Waals surface area (Å²) in [4.78, 5) is 22.3. The van der Waals surface area contributed by atoms with Gasteiger partial charge in [-0.25, -0.2) is 0 Å². The van der Waals surface area contributed by atoms with Crippen molar-refractivity contribution in [1.82, 2.24) is 0 Å². The Morgan fingerprint density at radius 2 is 1.19 bits per heavy atom. The first-order chi connectivity index (χ1) is 28.2. The van der Waals surface area contributed by atoms with Gasteiger partial charge in [0.05, 0.1) is 51.2 Å². The number of hydrogen-bond acceptors (Lipinski definition) is 11. The smallest absolute Gasteiger partial charge is 1.00 e. The van der Waals surface area contributed by atoms with Crippen LogP contribution in [0.3, 0.4) is 0 Å². The summed E-state index contributed by atoms with van der Waals surface area (Å²) in [5, 5.41) is 15.5. The summed E-state index contributed by atoms with van der Waals surface area (Å²) >= 11 is 0. The van der Waals surface area contributed by atoms with Gasteiger partial charge in [0.25, 0.3) is 0 Å². The van der Waals surface area contributed by atoms with Crippen LogP contribution in [0.4, 0.5) is 0 Å². The molecule has 5 rings (SSSR count). The van der Waals surface area contributed by atoms with Gasteiger partial charge in [0.2, 0.25) is 0 Å². The van der Waals surface area contributed by atoms with Crippen molar-refractivity contribution in [3.8, 4) is 0 Å². The number of carbonyl (C=O) groups is 2. The van der Waals surface area contributed by atoms with E-state index in [1.807, 2.05) is 13.2 Å². The summed E-state index contributed by atoms with van der Waals surface area (Å²) in [6, 6.07) is 0. The second kappa shape index (κ2) is 37.5. The van der Waals surface area contributed by atoms with Crippen LogP contribution in [0, 0.1) is 0 Å². The molecule has 4 fully saturated rings. The van der Waals surface area contributed by atoms with Gasteiger partial charge >= 0.3 is 52.8 Å². The molecular formula is C47H88KO11+. The van der Waals surface area contributed by atoms with E-state index in [4.69, 9.17) is 43.4 Å². The van der Waals surface area contributed by atoms with Gasteiger partial charge in [-0.1, -0.05) is 44.4 Å². The molecule has 2 saturated heterocycles. The number of allylic oxidation sites excluding steroid dienone is 3. The molecule has 11 nitrogen and oxygen atoms in total. The summed E-state index contributed by atoms with van der Waals surface area (Å²) < 4.78 is 38.3. The first-order valence-electron chi connectivity index (χ1n) is 22.8. The average molecular weight is 868 g/mol. The van der Waals surface area contributed by atoms with E-state index in [0.717, 1.165) is 129 Å². The number of aliphatic hydroxyl groups excluding tert-OH is 2. The first-order valence-corrected chi connectivity index (χ1v) is 22.8. The fraction of sp³-hybridized carbons (Fsp3) is 0.872. The molecule has 0 aromatic rings. The topological polar surface area (TPSA) is 139 Å². The van der Waals surface area contributed by atoms with Crippen molar-refractivity contribution in [1.29, 1.82) is 0 Å². The van der Waals surface area contributed by atoms with Crippen LogP contribution in [-0.4, -0.2) is 113 Å². The number of methoxy groups -OCH3 is 3. The minimum atomic E-state index is -0.505. The largest absolute Gasteiger partial charge is 1.00 e. The second-order valence-corrected chi connectivity index (χ2v) is 16.0. The van der Waals surface area contributed by atoms with Crippen LogP contribution >= 0.6 is 0 Å². The molecule has 0 aromatic carbocycles. The number of carbonyl (C=O) groups excluding carboxylic acids is 2. The van der Waals surface area contributed by atoms with Crippen molar-refractivity contribution in [2.24, 2.45) is 0 Å². The molecule has 59 heavy (non-hydrogen) atoms. The third-order valence-electron chi connectivity index (χ3n) is 11.7. The van der Waals surface area contributed by atoms with Crippen LogP contribution < -0.4 is 51.4 Å². The number of rotatable bonds is 19. The zero-order valence-corrected chi connectivity index (χ0v) is 42.1. The zero-order chi connectivity index (χ0) is 42.9. The SMILES string of the molecule is CCC(CCC/C=C1/CCCC2(C1)OCCO2)OC.CCC(CCCCC1=CC(=O)CCC1)OC.CCC(CCCCO)OC.CO.O=C1CCCC2(C1)OCCO2.[H+].[H-].[K+]. The number of ether oxygens (including phenoxy) is 7. The van der Waals surface area contributed by atoms with Gasteiger partial charge in [0.1, 0.15) is 5.78 Å². The van der Waals surface area contributed by atoms with E-state index in [0.29, 0.717) is 56.8 Å². The predicted octanol–water partition coefficient (Wildman–Crippen LogP) is 6.76. The van der Waals surface area contributed by atoms with Crippen molar-refractivity contribution in [3.63, 3.8) is 0 Å². The molecule has 342 valence electrons. The Hall–Kier alpha value is 0.0964. The van der Waals surface area contributed by atoms with Crippen LogP contribution in [0.25, 0.3) is 0 Å². The van der Waals surface area contributed by atoms with Gasteiger partial charge in [-0.2, -0.15) is 0 Å². The van der Waals surface area contributed by atoms with Gasteiger partial charge in [-0.15, -0.1) is 0 Å². The molecule has 3 aliphatic carbocycles.